The van der Waals surface area contributed by atoms with Crippen LogP contribution in [-0.2, 0) is 0 Å². The molecule has 0 heterocycles. The van der Waals surface area contributed by atoms with Gasteiger partial charge >= 0.3 is 0 Å². The van der Waals surface area contributed by atoms with Gasteiger partial charge in [-0.2, -0.15) is 0 Å². The van der Waals surface area contributed by atoms with E-state index in [0.29, 0.717) is 6.04 Å². The number of ether oxygens (including phenoxy) is 1. The van der Waals surface area contributed by atoms with E-state index >= 15 is 0 Å². The zero-order valence-corrected chi connectivity index (χ0v) is 12.7. The van der Waals surface area contributed by atoms with Gasteiger partial charge in [0, 0.05) is 11.6 Å². The fraction of sp³-hybridized carbons (Fsp3) is 0.647. The highest BCUT2D eigenvalue weighted by Crippen LogP contribution is 2.28. The molecule has 1 rings (SSSR count). The topological polar surface area (TPSA) is 21.3 Å². The Morgan fingerprint density at radius 1 is 1.05 bits per heavy atom. The van der Waals surface area contributed by atoms with Gasteiger partial charge in [-0.25, -0.2) is 0 Å². The van der Waals surface area contributed by atoms with Gasteiger partial charge in [-0.3, -0.25) is 0 Å². The smallest absolute Gasteiger partial charge is 0.124 e. The van der Waals surface area contributed by atoms with Crippen molar-refractivity contribution in [1.29, 1.82) is 0 Å². The number of nitrogens with one attached hydrogen (secondary N) is 1. The predicted octanol–water partition coefficient (Wildman–Crippen LogP) is 4.71. The Morgan fingerprint density at radius 2 is 1.84 bits per heavy atom. The van der Waals surface area contributed by atoms with Crippen molar-refractivity contribution in [1.82, 2.24) is 5.32 Å². The Bertz CT molecular complexity index is 338. The van der Waals surface area contributed by atoms with Crippen molar-refractivity contribution >= 4 is 0 Å². The van der Waals surface area contributed by atoms with Crippen molar-refractivity contribution < 1.29 is 4.74 Å². The first kappa shape index (κ1) is 16.0. The largest absolute Gasteiger partial charge is 0.494 e. The Balaban J connectivity index is 2.76. The quantitative estimate of drug-likeness (QED) is 0.617. The maximum atomic E-state index is 5.76. The second-order valence-corrected chi connectivity index (χ2v) is 4.97. The van der Waals surface area contributed by atoms with Gasteiger partial charge in [-0.15, -0.1) is 0 Å². The van der Waals surface area contributed by atoms with Gasteiger partial charge in [0.15, 0.2) is 0 Å². The second kappa shape index (κ2) is 9.85. The molecule has 0 aliphatic rings. The molecule has 0 fully saturated rings. The van der Waals surface area contributed by atoms with E-state index in [4.69, 9.17) is 4.74 Å². The van der Waals surface area contributed by atoms with Crippen LogP contribution in [0.15, 0.2) is 24.3 Å². The van der Waals surface area contributed by atoms with E-state index in [0.717, 1.165) is 18.9 Å². The highest BCUT2D eigenvalue weighted by atomic mass is 16.5. The SMILES string of the molecule is CCCCCC(NCCC)c1ccccc1OCC. The lowest BCUT2D eigenvalue weighted by Crippen LogP contribution is -2.22. The van der Waals surface area contributed by atoms with Crippen LogP contribution in [0.1, 0.15) is 64.5 Å². The summed E-state index contributed by atoms with van der Waals surface area (Å²) in [4.78, 5) is 0. The molecule has 0 saturated heterocycles. The van der Waals surface area contributed by atoms with Crippen LogP contribution in [-0.4, -0.2) is 13.2 Å². The van der Waals surface area contributed by atoms with Crippen molar-refractivity contribution in [3.8, 4) is 5.75 Å². The molecule has 2 heteroatoms. The van der Waals surface area contributed by atoms with E-state index in [-0.39, 0.29) is 0 Å². The standard InChI is InChI=1S/C17H29NO/c1-4-7-8-12-16(18-14-5-2)15-11-9-10-13-17(15)19-6-3/h9-11,13,16,18H,4-8,12,14H2,1-3H3. The van der Waals surface area contributed by atoms with Crippen LogP contribution in [0.5, 0.6) is 5.75 Å². The lowest BCUT2D eigenvalue weighted by Gasteiger charge is -2.21. The molecule has 0 bridgehead atoms. The zero-order chi connectivity index (χ0) is 13.9. The van der Waals surface area contributed by atoms with E-state index in [1.54, 1.807) is 0 Å². The first-order valence-corrected chi connectivity index (χ1v) is 7.78. The number of hydrogen-bond donors (Lipinski definition) is 1. The summed E-state index contributed by atoms with van der Waals surface area (Å²) in [7, 11) is 0. The molecule has 0 spiro atoms. The molecule has 19 heavy (non-hydrogen) atoms. The molecule has 1 aromatic rings. The number of rotatable bonds is 10. The molecule has 1 N–H and O–H groups in total. The van der Waals surface area contributed by atoms with E-state index < -0.39 is 0 Å². The maximum absolute atomic E-state index is 5.76. The number of hydrogen-bond acceptors (Lipinski definition) is 2. The van der Waals surface area contributed by atoms with Crippen LogP contribution < -0.4 is 10.1 Å². The highest BCUT2D eigenvalue weighted by Gasteiger charge is 2.14. The predicted molar refractivity (Wildman–Crippen MR) is 82.8 cm³/mol. The summed E-state index contributed by atoms with van der Waals surface area (Å²) >= 11 is 0. The van der Waals surface area contributed by atoms with Gasteiger partial charge in [-0.1, -0.05) is 51.3 Å². The summed E-state index contributed by atoms with van der Waals surface area (Å²) in [5.41, 5.74) is 1.31. The monoisotopic (exact) mass is 263 g/mol. The van der Waals surface area contributed by atoms with Gasteiger partial charge in [-0.05, 0) is 32.4 Å². The van der Waals surface area contributed by atoms with Crippen molar-refractivity contribution in [2.75, 3.05) is 13.2 Å². The zero-order valence-electron chi connectivity index (χ0n) is 12.7. The Kier molecular flexibility index (Phi) is 8.31. The van der Waals surface area contributed by atoms with Gasteiger partial charge in [0.1, 0.15) is 5.75 Å². The molecule has 2 nitrogen and oxygen atoms in total. The molecule has 108 valence electrons. The van der Waals surface area contributed by atoms with Crippen LogP contribution >= 0.6 is 0 Å². The molecule has 0 aromatic heterocycles. The van der Waals surface area contributed by atoms with Gasteiger partial charge < -0.3 is 10.1 Å². The van der Waals surface area contributed by atoms with Crippen molar-refractivity contribution in [2.45, 2.75) is 58.9 Å². The summed E-state index contributed by atoms with van der Waals surface area (Å²) in [6.45, 7) is 8.30. The van der Waals surface area contributed by atoms with E-state index in [2.05, 4.69) is 43.4 Å². The van der Waals surface area contributed by atoms with Crippen LogP contribution in [0.3, 0.4) is 0 Å². The minimum absolute atomic E-state index is 0.425. The lowest BCUT2D eigenvalue weighted by molar-refractivity contribution is 0.329. The average molecular weight is 263 g/mol. The molecule has 1 aromatic carbocycles. The van der Waals surface area contributed by atoms with Crippen molar-refractivity contribution in [3.05, 3.63) is 29.8 Å². The van der Waals surface area contributed by atoms with E-state index in [1.165, 1.54) is 37.7 Å². The first-order valence-electron chi connectivity index (χ1n) is 7.78. The number of benzene rings is 1. The fourth-order valence-corrected chi connectivity index (χ4v) is 2.34. The highest BCUT2D eigenvalue weighted by molar-refractivity contribution is 5.36. The maximum Gasteiger partial charge on any atom is 0.124 e. The summed E-state index contributed by atoms with van der Waals surface area (Å²) in [6.07, 6.45) is 6.21. The third kappa shape index (κ3) is 5.65. The molecular formula is C17H29NO. The fourth-order valence-electron chi connectivity index (χ4n) is 2.34. The van der Waals surface area contributed by atoms with Crippen LogP contribution in [0.25, 0.3) is 0 Å². The third-order valence-electron chi connectivity index (χ3n) is 3.33. The minimum Gasteiger partial charge on any atom is -0.494 e. The summed E-state index contributed by atoms with van der Waals surface area (Å²) in [5.74, 6) is 1.04. The molecule has 0 saturated carbocycles. The molecule has 0 radical (unpaired) electrons. The average Bonchev–Trinajstić information content (AvgIpc) is 2.44. The summed E-state index contributed by atoms with van der Waals surface area (Å²) in [6, 6.07) is 8.87. The Hall–Kier alpha value is -1.02. The van der Waals surface area contributed by atoms with Crippen molar-refractivity contribution in [3.63, 3.8) is 0 Å². The van der Waals surface area contributed by atoms with Crippen molar-refractivity contribution in [2.24, 2.45) is 0 Å². The van der Waals surface area contributed by atoms with Gasteiger partial charge in [0.25, 0.3) is 0 Å². The molecule has 0 aliphatic carbocycles. The molecule has 1 unspecified atom stereocenters. The molecule has 1 atom stereocenters. The van der Waals surface area contributed by atoms with E-state index in [1.807, 2.05) is 6.92 Å². The van der Waals surface area contributed by atoms with Crippen LogP contribution in [0.2, 0.25) is 0 Å². The van der Waals surface area contributed by atoms with Gasteiger partial charge in [0.2, 0.25) is 0 Å². The molecular weight excluding hydrogens is 234 g/mol. The normalized spacial score (nSPS) is 12.4. The van der Waals surface area contributed by atoms with Crippen LogP contribution in [0, 0.1) is 0 Å². The number of unbranched alkanes of at least 4 members (excludes halogenated alkanes) is 2. The molecule has 0 aliphatic heterocycles. The Labute approximate surface area is 118 Å². The third-order valence-corrected chi connectivity index (χ3v) is 3.33. The summed E-state index contributed by atoms with van der Waals surface area (Å²) in [5, 5.41) is 3.66. The van der Waals surface area contributed by atoms with Crippen LogP contribution in [0.4, 0.5) is 0 Å². The minimum atomic E-state index is 0.425. The van der Waals surface area contributed by atoms with E-state index in [9.17, 15) is 0 Å². The number of para-hydroxylation sites is 1. The molecule has 0 amide bonds. The first-order chi connectivity index (χ1) is 9.33. The second-order valence-electron chi connectivity index (χ2n) is 4.97. The lowest BCUT2D eigenvalue weighted by atomic mass is 9.99. The van der Waals surface area contributed by atoms with Gasteiger partial charge in [0.05, 0.1) is 6.61 Å². The Morgan fingerprint density at radius 3 is 2.53 bits per heavy atom. The summed E-state index contributed by atoms with van der Waals surface area (Å²) < 4.78 is 5.76.